The second-order valence-corrected chi connectivity index (χ2v) is 9.18. The number of aryl methyl sites for hydroxylation is 1. The number of pyridine rings is 1. The lowest BCUT2D eigenvalue weighted by atomic mass is 10.1. The lowest BCUT2D eigenvalue weighted by Gasteiger charge is -2.03. The van der Waals surface area contributed by atoms with Crippen LogP contribution >= 0.6 is 11.3 Å². The predicted molar refractivity (Wildman–Crippen MR) is 109 cm³/mol. The number of nitrogens with zero attached hydrogens (tertiary/aromatic N) is 4. The molecule has 0 atom stereocenters. The van der Waals surface area contributed by atoms with Crippen LogP contribution in [0.4, 0.5) is 5.69 Å². The van der Waals surface area contributed by atoms with E-state index in [1.165, 1.54) is 12.4 Å². The smallest absolute Gasteiger partial charge is 0.273 e. The molecule has 0 aliphatic heterocycles. The van der Waals surface area contributed by atoms with E-state index in [1.54, 1.807) is 23.3 Å². The standard InChI is InChI=1S/C19H17N5O2S2/c1-14-3-2-4-16(9-14)19-21-11-18(27-19)28(25,26)23-17-10-22-24(13-17)12-15-5-7-20-8-6-15/h2-11,13,23H,12H2,1H3. The van der Waals surface area contributed by atoms with Crippen LogP contribution in [0.25, 0.3) is 10.6 Å². The summed E-state index contributed by atoms with van der Waals surface area (Å²) in [5, 5.41) is 4.87. The van der Waals surface area contributed by atoms with Crippen LogP contribution in [0, 0.1) is 6.92 Å². The summed E-state index contributed by atoms with van der Waals surface area (Å²) in [4.78, 5) is 8.25. The zero-order valence-corrected chi connectivity index (χ0v) is 16.6. The molecular weight excluding hydrogens is 394 g/mol. The van der Waals surface area contributed by atoms with Crippen molar-refractivity contribution in [2.24, 2.45) is 0 Å². The number of thiazole rings is 1. The van der Waals surface area contributed by atoms with E-state index in [-0.39, 0.29) is 4.21 Å². The minimum Gasteiger partial charge on any atom is -0.276 e. The van der Waals surface area contributed by atoms with E-state index in [1.807, 2.05) is 43.3 Å². The van der Waals surface area contributed by atoms with Crippen molar-refractivity contribution in [2.75, 3.05) is 4.72 Å². The van der Waals surface area contributed by atoms with Crippen molar-refractivity contribution in [3.8, 4) is 10.6 Å². The van der Waals surface area contributed by atoms with Crippen LogP contribution in [-0.2, 0) is 16.6 Å². The van der Waals surface area contributed by atoms with Gasteiger partial charge in [-0.15, -0.1) is 11.3 Å². The zero-order valence-electron chi connectivity index (χ0n) is 15.0. The Morgan fingerprint density at radius 1 is 1.14 bits per heavy atom. The summed E-state index contributed by atoms with van der Waals surface area (Å²) in [6.45, 7) is 2.52. The Morgan fingerprint density at radius 2 is 1.96 bits per heavy atom. The molecule has 0 aliphatic carbocycles. The van der Waals surface area contributed by atoms with Crippen molar-refractivity contribution in [1.29, 1.82) is 0 Å². The highest BCUT2D eigenvalue weighted by atomic mass is 32.2. The molecule has 3 heterocycles. The van der Waals surface area contributed by atoms with Crippen LogP contribution in [0.1, 0.15) is 11.1 Å². The van der Waals surface area contributed by atoms with Gasteiger partial charge in [-0.25, -0.2) is 13.4 Å². The Balaban J connectivity index is 1.51. The van der Waals surface area contributed by atoms with E-state index < -0.39 is 10.0 Å². The quantitative estimate of drug-likeness (QED) is 0.524. The molecule has 0 fully saturated rings. The Labute approximate surface area is 166 Å². The first-order valence-electron chi connectivity index (χ1n) is 8.47. The topological polar surface area (TPSA) is 89.8 Å². The SMILES string of the molecule is Cc1cccc(-c2ncc(S(=O)(=O)Nc3cnn(Cc4ccncc4)c3)s2)c1. The molecule has 0 spiro atoms. The molecule has 0 saturated carbocycles. The van der Waals surface area contributed by atoms with Gasteiger partial charge in [0.15, 0.2) is 4.21 Å². The molecule has 4 aromatic rings. The molecule has 0 amide bonds. The Morgan fingerprint density at radius 3 is 2.75 bits per heavy atom. The average Bonchev–Trinajstić information content (AvgIpc) is 3.32. The van der Waals surface area contributed by atoms with E-state index >= 15 is 0 Å². The van der Waals surface area contributed by atoms with Crippen LogP contribution < -0.4 is 4.72 Å². The minimum absolute atomic E-state index is 0.158. The van der Waals surface area contributed by atoms with E-state index in [0.717, 1.165) is 28.0 Å². The summed E-state index contributed by atoms with van der Waals surface area (Å²) in [5.41, 5.74) is 3.42. The van der Waals surface area contributed by atoms with Crippen molar-refractivity contribution < 1.29 is 8.42 Å². The first-order chi connectivity index (χ1) is 13.5. The maximum Gasteiger partial charge on any atom is 0.273 e. The highest BCUT2D eigenvalue weighted by molar-refractivity contribution is 7.94. The Hall–Kier alpha value is -3.04. The van der Waals surface area contributed by atoms with Crippen molar-refractivity contribution in [3.05, 3.63) is 78.5 Å². The Kier molecular flexibility index (Phi) is 4.93. The third kappa shape index (κ3) is 4.10. The van der Waals surface area contributed by atoms with Gasteiger partial charge in [0.25, 0.3) is 10.0 Å². The van der Waals surface area contributed by atoms with Crippen LogP contribution in [0.15, 0.2) is 71.6 Å². The van der Waals surface area contributed by atoms with Crippen LogP contribution in [0.2, 0.25) is 0 Å². The molecule has 0 radical (unpaired) electrons. The number of sulfonamides is 1. The maximum absolute atomic E-state index is 12.7. The minimum atomic E-state index is -3.73. The third-order valence-electron chi connectivity index (χ3n) is 3.99. The van der Waals surface area contributed by atoms with Gasteiger partial charge >= 0.3 is 0 Å². The molecule has 0 bridgehead atoms. The number of aromatic nitrogens is 4. The highest BCUT2D eigenvalue weighted by Gasteiger charge is 2.19. The lowest BCUT2D eigenvalue weighted by Crippen LogP contribution is -2.11. The lowest BCUT2D eigenvalue weighted by molar-refractivity contribution is 0.603. The van der Waals surface area contributed by atoms with Gasteiger partial charge in [0.2, 0.25) is 0 Å². The molecular formula is C19H17N5O2S2. The van der Waals surface area contributed by atoms with Crippen molar-refractivity contribution >= 4 is 27.0 Å². The number of anilines is 1. The van der Waals surface area contributed by atoms with Crippen LogP contribution in [0.3, 0.4) is 0 Å². The molecule has 1 N–H and O–H groups in total. The highest BCUT2D eigenvalue weighted by Crippen LogP contribution is 2.29. The van der Waals surface area contributed by atoms with E-state index in [0.29, 0.717) is 17.2 Å². The van der Waals surface area contributed by atoms with Gasteiger partial charge in [0, 0.05) is 24.2 Å². The molecule has 0 unspecified atom stereocenters. The zero-order chi connectivity index (χ0) is 19.6. The monoisotopic (exact) mass is 411 g/mol. The summed E-state index contributed by atoms with van der Waals surface area (Å²) >= 11 is 1.13. The molecule has 9 heteroatoms. The summed E-state index contributed by atoms with van der Waals surface area (Å²) in [6, 6.07) is 11.6. The number of rotatable bonds is 6. The first-order valence-corrected chi connectivity index (χ1v) is 10.8. The molecule has 3 aromatic heterocycles. The molecule has 0 saturated heterocycles. The summed E-state index contributed by atoms with van der Waals surface area (Å²) in [6.07, 6.45) is 7.93. The van der Waals surface area contributed by atoms with Crippen molar-refractivity contribution in [2.45, 2.75) is 17.7 Å². The first kappa shape index (κ1) is 18.3. The fourth-order valence-electron chi connectivity index (χ4n) is 2.68. The van der Waals surface area contributed by atoms with Gasteiger partial charge in [-0.05, 0) is 30.7 Å². The maximum atomic E-state index is 12.7. The fourth-order valence-corrected chi connectivity index (χ4v) is 4.83. The van der Waals surface area contributed by atoms with Gasteiger partial charge in [-0.2, -0.15) is 5.10 Å². The van der Waals surface area contributed by atoms with E-state index in [9.17, 15) is 8.42 Å². The molecule has 1 aromatic carbocycles. The van der Waals surface area contributed by atoms with Crippen molar-refractivity contribution in [3.63, 3.8) is 0 Å². The number of nitrogens with one attached hydrogen (secondary N) is 1. The second-order valence-electron chi connectivity index (χ2n) is 6.24. The van der Waals surface area contributed by atoms with E-state index in [4.69, 9.17) is 0 Å². The van der Waals surface area contributed by atoms with E-state index in [2.05, 4.69) is 19.8 Å². The second kappa shape index (κ2) is 7.53. The molecule has 28 heavy (non-hydrogen) atoms. The normalized spacial score (nSPS) is 11.5. The van der Waals surface area contributed by atoms with Gasteiger partial charge in [-0.1, -0.05) is 23.8 Å². The Bertz CT molecular complexity index is 1200. The molecule has 7 nitrogen and oxygen atoms in total. The predicted octanol–water partition coefficient (Wildman–Crippen LogP) is 3.56. The van der Waals surface area contributed by atoms with Gasteiger partial charge < -0.3 is 0 Å². The van der Waals surface area contributed by atoms with Crippen molar-refractivity contribution in [1.82, 2.24) is 19.7 Å². The molecule has 142 valence electrons. The van der Waals surface area contributed by atoms with Gasteiger partial charge in [0.05, 0.1) is 24.6 Å². The average molecular weight is 412 g/mol. The third-order valence-corrected chi connectivity index (χ3v) is 6.88. The molecule has 4 rings (SSSR count). The summed E-state index contributed by atoms with van der Waals surface area (Å²) in [5.74, 6) is 0. The largest absolute Gasteiger partial charge is 0.276 e. The van der Waals surface area contributed by atoms with Crippen LogP contribution in [0.5, 0.6) is 0 Å². The van der Waals surface area contributed by atoms with Crippen LogP contribution in [-0.4, -0.2) is 28.2 Å². The van der Waals surface area contributed by atoms with Gasteiger partial charge in [0.1, 0.15) is 5.01 Å². The number of benzene rings is 1. The summed E-state index contributed by atoms with van der Waals surface area (Å²) < 4.78 is 29.8. The summed E-state index contributed by atoms with van der Waals surface area (Å²) in [7, 11) is -3.73. The number of hydrogen-bond acceptors (Lipinski definition) is 6. The fraction of sp³-hybridized carbons (Fsp3) is 0.105. The molecule has 0 aliphatic rings. The van der Waals surface area contributed by atoms with Gasteiger partial charge in [-0.3, -0.25) is 14.4 Å². The number of hydrogen-bond donors (Lipinski definition) is 1.